The van der Waals surface area contributed by atoms with E-state index in [1.54, 1.807) is 0 Å². The lowest BCUT2D eigenvalue weighted by Gasteiger charge is -2.50. The summed E-state index contributed by atoms with van der Waals surface area (Å²) in [6, 6.07) is 40.0. The molecule has 0 amide bonds. The van der Waals surface area contributed by atoms with E-state index in [0.29, 0.717) is 0 Å². The van der Waals surface area contributed by atoms with Crippen LogP contribution in [0, 0.1) is 0 Å². The molecule has 0 bridgehead atoms. The first-order chi connectivity index (χ1) is 26.7. The highest BCUT2D eigenvalue weighted by Gasteiger charge is 2.53. The smallest absolute Gasteiger partial charge is 0.329 e. The summed E-state index contributed by atoms with van der Waals surface area (Å²) in [7, 11) is 0. The number of benzene rings is 6. The second-order valence-corrected chi connectivity index (χ2v) is 20.8. The van der Waals surface area contributed by atoms with Crippen LogP contribution in [0.4, 0.5) is 11.4 Å². The van der Waals surface area contributed by atoms with Crippen molar-refractivity contribution in [1.29, 1.82) is 0 Å². The maximum atomic E-state index is 7.09. The standard InChI is InChI=1S/C50H44B2N2OS/c1-48(2,3)27-18-19-29-31-20-21-41-43-45(31)54-44-35(22-28(49(4,5)6)24-38(44)51(43)47-46(55-41)32-15-11-13-17-42(32)56-47)33-26-40-34(25-37(33)52(54)36(29)23-27)30-14-10-12-16-39(30)53(40)50(7,8)9/h10-26H,1-9H3. The minimum Gasteiger partial charge on any atom is -0.457 e. The maximum Gasteiger partial charge on any atom is 0.329 e. The minimum atomic E-state index is -0.105. The summed E-state index contributed by atoms with van der Waals surface area (Å²) in [5.41, 5.74) is 18.7. The molecule has 8 aromatic rings. The van der Waals surface area contributed by atoms with E-state index in [-0.39, 0.29) is 29.9 Å². The highest BCUT2D eigenvalue weighted by Crippen LogP contribution is 2.52. The molecule has 272 valence electrons. The van der Waals surface area contributed by atoms with Gasteiger partial charge in [-0.2, -0.15) is 0 Å². The molecule has 6 heterocycles. The first-order valence-corrected chi connectivity index (χ1v) is 21.1. The number of hydrogen-bond acceptors (Lipinski definition) is 3. The van der Waals surface area contributed by atoms with Crippen LogP contribution < -0.4 is 36.2 Å². The van der Waals surface area contributed by atoms with Gasteiger partial charge < -0.3 is 14.1 Å². The summed E-state index contributed by atoms with van der Waals surface area (Å²) in [5.74, 6) is 2.02. The van der Waals surface area contributed by atoms with Crippen LogP contribution in [-0.4, -0.2) is 18.1 Å². The zero-order valence-electron chi connectivity index (χ0n) is 33.7. The van der Waals surface area contributed by atoms with Crippen molar-refractivity contribution in [2.45, 2.75) is 78.7 Å². The minimum absolute atomic E-state index is 0.000981. The molecule has 0 unspecified atom stereocenters. The Labute approximate surface area is 334 Å². The second kappa shape index (κ2) is 10.4. The Morgan fingerprint density at radius 2 is 1.25 bits per heavy atom. The van der Waals surface area contributed by atoms with Gasteiger partial charge in [0.2, 0.25) is 0 Å². The number of anilines is 2. The molecule has 12 rings (SSSR count). The van der Waals surface area contributed by atoms with Crippen LogP contribution in [0.2, 0.25) is 0 Å². The van der Waals surface area contributed by atoms with Gasteiger partial charge in [0, 0.05) is 59.2 Å². The number of aromatic nitrogens is 1. The van der Waals surface area contributed by atoms with Gasteiger partial charge in [0.15, 0.2) is 0 Å². The van der Waals surface area contributed by atoms with E-state index < -0.39 is 0 Å². The Morgan fingerprint density at radius 3 is 2.02 bits per heavy atom. The molecule has 3 nitrogen and oxygen atoms in total. The number of fused-ring (bicyclic) bond motifs is 14. The van der Waals surface area contributed by atoms with Gasteiger partial charge in [-0.1, -0.05) is 102 Å². The quantitative estimate of drug-likeness (QED) is 0.144. The second-order valence-electron chi connectivity index (χ2n) is 19.7. The Hall–Kier alpha value is -5.19. The van der Waals surface area contributed by atoms with Gasteiger partial charge >= 0.3 is 6.85 Å². The first-order valence-electron chi connectivity index (χ1n) is 20.2. The predicted molar refractivity (Wildman–Crippen MR) is 243 cm³/mol. The van der Waals surface area contributed by atoms with Crippen molar-refractivity contribution >= 4 is 94.8 Å². The zero-order valence-corrected chi connectivity index (χ0v) is 34.5. The maximum absolute atomic E-state index is 7.09. The lowest BCUT2D eigenvalue weighted by Crippen LogP contribution is -2.68. The van der Waals surface area contributed by atoms with E-state index in [0.717, 1.165) is 11.5 Å². The molecule has 0 aliphatic carbocycles. The molecule has 56 heavy (non-hydrogen) atoms. The zero-order chi connectivity index (χ0) is 38.4. The van der Waals surface area contributed by atoms with Crippen LogP contribution in [0.3, 0.4) is 0 Å². The van der Waals surface area contributed by atoms with Gasteiger partial charge in [0.25, 0.3) is 6.71 Å². The lowest BCUT2D eigenvalue weighted by atomic mass is 9.32. The van der Waals surface area contributed by atoms with Crippen LogP contribution in [0.15, 0.2) is 103 Å². The van der Waals surface area contributed by atoms with Gasteiger partial charge in [0.1, 0.15) is 11.5 Å². The summed E-state index contributed by atoms with van der Waals surface area (Å²) in [5, 5.41) is 3.85. The Bertz CT molecular complexity index is 3090. The topological polar surface area (TPSA) is 17.4 Å². The van der Waals surface area contributed by atoms with Crippen molar-refractivity contribution in [3.8, 4) is 33.8 Å². The van der Waals surface area contributed by atoms with E-state index >= 15 is 0 Å². The number of thiophene rings is 1. The fourth-order valence-corrected chi connectivity index (χ4v) is 11.9. The van der Waals surface area contributed by atoms with Crippen LogP contribution in [0.25, 0.3) is 54.1 Å². The van der Waals surface area contributed by atoms with Crippen molar-refractivity contribution in [2.24, 2.45) is 0 Å². The SMILES string of the molecule is CC(C)(C)c1ccc2c(c1)B1c3cc4c5ccccc5n(C(C)(C)C)c4cc3-c3cc(C(C)(C)C)cc4c3N1c1c-2ccc2c1B4c1sc3ccccc3c1O2. The van der Waals surface area contributed by atoms with E-state index in [4.69, 9.17) is 4.74 Å². The Balaban J connectivity index is 1.29. The van der Waals surface area contributed by atoms with Crippen molar-refractivity contribution in [3.05, 3.63) is 114 Å². The van der Waals surface area contributed by atoms with Crippen LogP contribution >= 0.6 is 11.3 Å². The Morgan fingerprint density at radius 1 is 0.554 bits per heavy atom. The van der Waals surface area contributed by atoms with Gasteiger partial charge in [0.05, 0.1) is 5.52 Å². The number of hydrogen-bond donors (Lipinski definition) is 0. The van der Waals surface area contributed by atoms with E-state index in [2.05, 4.69) is 175 Å². The average molecular weight is 743 g/mol. The monoisotopic (exact) mass is 742 g/mol. The molecule has 0 saturated carbocycles. The third-order valence-electron chi connectivity index (χ3n) is 13.2. The summed E-state index contributed by atoms with van der Waals surface area (Å²) >= 11 is 1.91. The predicted octanol–water partition coefficient (Wildman–Crippen LogP) is 10.2. The van der Waals surface area contributed by atoms with Crippen molar-refractivity contribution in [3.63, 3.8) is 0 Å². The lowest BCUT2D eigenvalue weighted by molar-refractivity contribution is 0.423. The molecule has 0 atom stereocenters. The molecule has 0 N–H and O–H groups in total. The fraction of sp³-hybridized carbons (Fsp3) is 0.240. The molecule has 0 spiro atoms. The number of nitrogens with zero attached hydrogens (tertiary/aromatic N) is 2. The number of rotatable bonds is 0. The van der Waals surface area contributed by atoms with Crippen LogP contribution in [-0.2, 0) is 16.4 Å². The average Bonchev–Trinajstić information content (AvgIpc) is 3.70. The summed E-state index contributed by atoms with van der Waals surface area (Å²) in [6.45, 7) is 21.2. The van der Waals surface area contributed by atoms with Gasteiger partial charge in [-0.3, -0.25) is 0 Å². The molecule has 6 heteroatoms. The molecule has 4 aliphatic heterocycles. The number of para-hydroxylation sites is 1. The third-order valence-corrected chi connectivity index (χ3v) is 14.4. The van der Waals surface area contributed by atoms with Crippen LogP contribution in [0.5, 0.6) is 11.5 Å². The molecular formula is C50H44B2N2OS. The largest absolute Gasteiger partial charge is 0.457 e. The van der Waals surface area contributed by atoms with Gasteiger partial charge in [-0.25, -0.2) is 0 Å². The molecular weight excluding hydrogens is 698 g/mol. The normalized spacial score (nSPS) is 14.9. The van der Waals surface area contributed by atoms with Crippen LogP contribution in [0.1, 0.15) is 73.4 Å². The van der Waals surface area contributed by atoms with Crippen molar-refractivity contribution in [2.75, 3.05) is 4.81 Å². The molecule has 4 aliphatic rings. The first kappa shape index (κ1) is 33.0. The summed E-state index contributed by atoms with van der Waals surface area (Å²) in [4.78, 5) is 2.76. The fourth-order valence-electron chi connectivity index (χ4n) is 10.6. The van der Waals surface area contributed by atoms with E-state index in [1.165, 1.54) is 103 Å². The van der Waals surface area contributed by atoms with E-state index in [9.17, 15) is 0 Å². The molecule has 0 radical (unpaired) electrons. The van der Waals surface area contributed by atoms with Gasteiger partial charge in [-0.05, 0) is 118 Å². The summed E-state index contributed by atoms with van der Waals surface area (Å²) < 4.78 is 12.3. The number of ether oxygens (including phenoxy) is 1. The molecule has 0 saturated heterocycles. The highest BCUT2D eigenvalue weighted by atomic mass is 32.1. The molecule has 0 fully saturated rings. The highest BCUT2D eigenvalue weighted by molar-refractivity contribution is 7.33. The molecule has 2 aromatic heterocycles. The van der Waals surface area contributed by atoms with Crippen molar-refractivity contribution in [1.82, 2.24) is 4.57 Å². The Kier molecular flexibility index (Phi) is 6.13. The molecule has 6 aromatic carbocycles. The van der Waals surface area contributed by atoms with Gasteiger partial charge in [-0.15, -0.1) is 11.3 Å². The van der Waals surface area contributed by atoms with E-state index in [1.807, 2.05) is 11.3 Å². The summed E-state index contributed by atoms with van der Waals surface area (Å²) in [6.07, 6.45) is 0. The third kappa shape index (κ3) is 4.11. The van der Waals surface area contributed by atoms with Crippen molar-refractivity contribution < 1.29 is 4.74 Å².